The molecular weight excluding hydrogens is 384 g/mol. The zero-order valence-electron chi connectivity index (χ0n) is 17.3. The van der Waals surface area contributed by atoms with Crippen molar-refractivity contribution in [2.24, 2.45) is 5.92 Å². The van der Waals surface area contributed by atoms with Crippen molar-refractivity contribution in [2.45, 2.75) is 69.3 Å². The molecule has 0 aromatic carbocycles. The number of hydrogen-bond donors (Lipinski definition) is 1. The summed E-state index contributed by atoms with van der Waals surface area (Å²) in [7, 11) is 0. The highest BCUT2D eigenvalue weighted by Gasteiger charge is 2.23. The van der Waals surface area contributed by atoms with Crippen molar-refractivity contribution in [3.63, 3.8) is 0 Å². The molecule has 1 amide bonds. The van der Waals surface area contributed by atoms with Gasteiger partial charge in [0.25, 0.3) is 5.91 Å². The zero-order valence-corrected chi connectivity index (χ0v) is 18.1. The summed E-state index contributed by atoms with van der Waals surface area (Å²) in [6.45, 7) is 6.21. The number of aryl methyl sites for hydroxylation is 1. The SMILES string of the molecule is CCc1cc(N2CCCC[C@@H]2C)nc(SCc2ccc(C(=O)NCC3CC3)o2)n1. The summed E-state index contributed by atoms with van der Waals surface area (Å²) in [5, 5.41) is 3.71. The van der Waals surface area contributed by atoms with Gasteiger partial charge in [-0.05, 0) is 63.5 Å². The lowest BCUT2D eigenvalue weighted by Gasteiger charge is -2.34. The van der Waals surface area contributed by atoms with Crippen molar-refractivity contribution in [3.05, 3.63) is 35.4 Å². The summed E-state index contributed by atoms with van der Waals surface area (Å²) in [6, 6.07) is 6.27. The monoisotopic (exact) mass is 414 g/mol. The lowest BCUT2D eigenvalue weighted by Crippen LogP contribution is -2.38. The molecule has 2 aromatic heterocycles. The maximum atomic E-state index is 12.2. The molecule has 1 aliphatic carbocycles. The lowest BCUT2D eigenvalue weighted by molar-refractivity contribution is 0.0922. The summed E-state index contributed by atoms with van der Waals surface area (Å²) >= 11 is 1.56. The molecule has 29 heavy (non-hydrogen) atoms. The van der Waals surface area contributed by atoms with E-state index in [0.29, 0.717) is 23.5 Å². The summed E-state index contributed by atoms with van der Waals surface area (Å²) in [5.41, 5.74) is 1.06. The van der Waals surface area contributed by atoms with Gasteiger partial charge in [-0.3, -0.25) is 4.79 Å². The summed E-state index contributed by atoms with van der Waals surface area (Å²) in [5.74, 6) is 3.32. The standard InChI is InChI=1S/C22H30N4O2S/c1-3-17-12-20(26-11-5-4-6-15(26)2)25-22(24-17)29-14-18-9-10-19(28-18)21(27)23-13-16-7-8-16/h9-10,12,15-16H,3-8,11,13-14H2,1-2H3,(H,23,27)/t15-/m0/s1. The quantitative estimate of drug-likeness (QED) is 0.508. The largest absolute Gasteiger partial charge is 0.455 e. The van der Waals surface area contributed by atoms with Crippen LogP contribution < -0.4 is 10.2 Å². The van der Waals surface area contributed by atoms with Crippen molar-refractivity contribution in [3.8, 4) is 0 Å². The van der Waals surface area contributed by atoms with Crippen molar-refractivity contribution >= 4 is 23.5 Å². The molecule has 0 unspecified atom stereocenters. The molecule has 0 bridgehead atoms. The second-order valence-corrected chi connectivity index (χ2v) is 9.04. The van der Waals surface area contributed by atoms with Crippen LogP contribution in [0.5, 0.6) is 0 Å². The van der Waals surface area contributed by atoms with Crippen LogP contribution in [0.4, 0.5) is 5.82 Å². The van der Waals surface area contributed by atoms with Crippen LogP contribution in [0.15, 0.2) is 27.8 Å². The van der Waals surface area contributed by atoms with Crippen LogP contribution in [-0.4, -0.2) is 35.0 Å². The molecule has 7 heteroatoms. The Balaban J connectivity index is 1.40. The van der Waals surface area contributed by atoms with Crippen LogP contribution >= 0.6 is 11.8 Å². The first-order chi connectivity index (χ1) is 14.1. The number of carbonyl (C=O) groups excluding carboxylic acids is 1. The molecule has 1 saturated heterocycles. The van der Waals surface area contributed by atoms with Gasteiger partial charge in [-0.25, -0.2) is 9.97 Å². The number of hydrogen-bond acceptors (Lipinski definition) is 6. The molecule has 2 aliphatic rings. The van der Waals surface area contributed by atoms with Gasteiger partial charge in [-0.2, -0.15) is 0 Å². The molecule has 2 fully saturated rings. The minimum Gasteiger partial charge on any atom is -0.455 e. The number of amides is 1. The fourth-order valence-corrected chi connectivity index (χ4v) is 4.42. The van der Waals surface area contributed by atoms with Crippen molar-refractivity contribution in [1.82, 2.24) is 15.3 Å². The lowest BCUT2D eigenvalue weighted by atomic mass is 10.0. The molecule has 1 N–H and O–H groups in total. The number of anilines is 1. The van der Waals surface area contributed by atoms with Crippen LogP contribution in [0.2, 0.25) is 0 Å². The third-order valence-corrected chi connectivity index (χ3v) is 6.55. The molecule has 0 radical (unpaired) electrons. The number of furan rings is 1. The highest BCUT2D eigenvalue weighted by Crippen LogP contribution is 2.29. The maximum Gasteiger partial charge on any atom is 0.287 e. The van der Waals surface area contributed by atoms with Gasteiger partial charge in [-0.15, -0.1) is 0 Å². The first-order valence-corrected chi connectivity index (χ1v) is 11.7. The first-order valence-electron chi connectivity index (χ1n) is 10.8. The molecule has 1 aliphatic heterocycles. The Morgan fingerprint density at radius 3 is 2.90 bits per heavy atom. The fraction of sp³-hybridized carbons (Fsp3) is 0.591. The molecule has 6 nitrogen and oxygen atoms in total. The number of nitrogens with one attached hydrogen (secondary N) is 1. The van der Waals surface area contributed by atoms with Crippen molar-refractivity contribution in [1.29, 1.82) is 0 Å². The Kier molecular flexibility index (Phi) is 6.43. The van der Waals surface area contributed by atoms with E-state index in [1.807, 2.05) is 6.07 Å². The normalized spacial score (nSPS) is 19.4. The molecular formula is C22H30N4O2S. The zero-order chi connectivity index (χ0) is 20.2. The number of thioether (sulfide) groups is 1. The van der Waals surface area contributed by atoms with Crippen LogP contribution in [0.3, 0.4) is 0 Å². The summed E-state index contributed by atoms with van der Waals surface area (Å²) in [4.78, 5) is 24.1. The molecule has 1 atom stereocenters. The van der Waals surface area contributed by atoms with Crippen LogP contribution in [-0.2, 0) is 12.2 Å². The Morgan fingerprint density at radius 1 is 1.28 bits per heavy atom. The highest BCUT2D eigenvalue weighted by molar-refractivity contribution is 7.98. The first kappa shape index (κ1) is 20.3. The van der Waals surface area contributed by atoms with Gasteiger partial charge in [0.15, 0.2) is 10.9 Å². The van der Waals surface area contributed by atoms with Crippen LogP contribution in [0.1, 0.15) is 68.0 Å². The maximum absolute atomic E-state index is 12.2. The Labute approximate surface area is 176 Å². The molecule has 4 rings (SSSR count). The predicted octanol–water partition coefficient (Wildman–Crippen LogP) is 4.44. The molecule has 3 heterocycles. The molecule has 2 aromatic rings. The predicted molar refractivity (Wildman–Crippen MR) is 115 cm³/mol. The van der Waals surface area contributed by atoms with Gasteiger partial charge in [0.2, 0.25) is 0 Å². The Hall–Kier alpha value is -2.02. The fourth-order valence-electron chi connectivity index (χ4n) is 3.65. The highest BCUT2D eigenvalue weighted by atomic mass is 32.2. The van der Waals surface area contributed by atoms with E-state index in [1.165, 1.54) is 32.1 Å². The third-order valence-electron chi connectivity index (χ3n) is 5.68. The van der Waals surface area contributed by atoms with E-state index in [2.05, 4.69) is 35.1 Å². The Bertz CT molecular complexity index is 849. The molecule has 156 valence electrons. The van der Waals surface area contributed by atoms with Crippen LogP contribution in [0, 0.1) is 5.92 Å². The van der Waals surface area contributed by atoms with E-state index in [0.717, 1.165) is 41.9 Å². The summed E-state index contributed by atoms with van der Waals surface area (Å²) in [6.07, 6.45) is 7.05. The van der Waals surface area contributed by atoms with Gasteiger partial charge in [0.1, 0.15) is 11.6 Å². The van der Waals surface area contributed by atoms with Gasteiger partial charge >= 0.3 is 0 Å². The van der Waals surface area contributed by atoms with E-state index < -0.39 is 0 Å². The molecule has 1 saturated carbocycles. The van der Waals surface area contributed by atoms with Gasteiger partial charge in [0.05, 0.1) is 5.75 Å². The average Bonchev–Trinajstić information content (AvgIpc) is 3.45. The van der Waals surface area contributed by atoms with E-state index in [1.54, 1.807) is 17.8 Å². The average molecular weight is 415 g/mol. The number of aromatic nitrogens is 2. The second-order valence-electron chi connectivity index (χ2n) is 8.10. The van der Waals surface area contributed by atoms with Gasteiger partial charge in [0, 0.05) is 30.9 Å². The number of piperidine rings is 1. The number of nitrogens with zero attached hydrogens (tertiary/aromatic N) is 3. The Morgan fingerprint density at radius 2 is 2.14 bits per heavy atom. The van der Waals surface area contributed by atoms with E-state index >= 15 is 0 Å². The van der Waals surface area contributed by atoms with E-state index in [9.17, 15) is 4.79 Å². The second kappa shape index (κ2) is 9.20. The van der Waals surface area contributed by atoms with Gasteiger partial charge in [-0.1, -0.05) is 18.7 Å². The number of carbonyl (C=O) groups is 1. The van der Waals surface area contributed by atoms with Crippen molar-refractivity contribution < 1.29 is 9.21 Å². The minimum absolute atomic E-state index is 0.126. The topological polar surface area (TPSA) is 71.3 Å². The van der Waals surface area contributed by atoms with E-state index in [4.69, 9.17) is 9.40 Å². The van der Waals surface area contributed by atoms with Gasteiger partial charge < -0.3 is 14.6 Å². The van der Waals surface area contributed by atoms with E-state index in [-0.39, 0.29) is 5.91 Å². The smallest absolute Gasteiger partial charge is 0.287 e. The minimum atomic E-state index is -0.126. The summed E-state index contributed by atoms with van der Waals surface area (Å²) < 4.78 is 5.74. The molecule has 0 spiro atoms. The third kappa shape index (κ3) is 5.32. The van der Waals surface area contributed by atoms with Crippen molar-refractivity contribution in [2.75, 3.05) is 18.0 Å². The number of rotatable bonds is 8. The van der Waals surface area contributed by atoms with Crippen LogP contribution in [0.25, 0.3) is 0 Å².